The first-order valence-corrected chi connectivity index (χ1v) is 3.89. The van der Waals surface area contributed by atoms with Crippen molar-refractivity contribution in [3.63, 3.8) is 0 Å². The molecule has 0 N–H and O–H groups in total. The number of esters is 3. The molecule has 0 aromatic heterocycles. The van der Waals surface area contributed by atoms with E-state index in [1.54, 1.807) is 0 Å². The van der Waals surface area contributed by atoms with Crippen LogP contribution < -0.4 is 0 Å². The average molecular weight is 196 g/mol. The summed E-state index contributed by atoms with van der Waals surface area (Å²) in [5.74, 6) is -1.92. The third-order valence-electron chi connectivity index (χ3n) is 1.53. The molecule has 0 saturated carbocycles. The van der Waals surface area contributed by atoms with Gasteiger partial charge in [-0.1, -0.05) is 6.58 Å². The van der Waals surface area contributed by atoms with Gasteiger partial charge in [0.05, 0.1) is 6.61 Å². The summed E-state index contributed by atoms with van der Waals surface area (Å²) in [6.07, 6.45) is 2.28. The Balaban J connectivity index is 2.35. The molecule has 0 saturated heterocycles. The van der Waals surface area contributed by atoms with E-state index >= 15 is 0 Å². The van der Waals surface area contributed by atoms with Gasteiger partial charge in [-0.15, -0.1) is 0 Å². The Morgan fingerprint density at radius 2 is 2.29 bits per heavy atom. The second-order valence-corrected chi connectivity index (χ2v) is 2.50. The van der Waals surface area contributed by atoms with Crippen LogP contribution >= 0.6 is 0 Å². The van der Waals surface area contributed by atoms with E-state index in [4.69, 9.17) is 0 Å². The van der Waals surface area contributed by atoms with Crippen molar-refractivity contribution in [3.05, 3.63) is 24.3 Å². The topological polar surface area (TPSA) is 69.7 Å². The Morgan fingerprint density at radius 3 is 2.79 bits per heavy atom. The smallest absolute Gasteiger partial charge is 0.342 e. The highest BCUT2D eigenvalue weighted by Crippen LogP contribution is 2.11. The summed E-state index contributed by atoms with van der Waals surface area (Å²) >= 11 is 0. The lowest BCUT2D eigenvalue weighted by molar-refractivity contribution is -0.151. The number of hydrogen-bond donors (Lipinski definition) is 0. The van der Waals surface area contributed by atoms with E-state index in [9.17, 15) is 14.4 Å². The largest absolute Gasteiger partial charge is 0.462 e. The van der Waals surface area contributed by atoms with Crippen molar-refractivity contribution in [1.82, 2.24) is 0 Å². The second kappa shape index (κ2) is 4.36. The van der Waals surface area contributed by atoms with E-state index < -0.39 is 17.9 Å². The van der Waals surface area contributed by atoms with Crippen LogP contribution in [0.25, 0.3) is 0 Å². The van der Waals surface area contributed by atoms with Gasteiger partial charge in [-0.3, -0.25) is 0 Å². The third-order valence-corrected chi connectivity index (χ3v) is 1.53. The van der Waals surface area contributed by atoms with Gasteiger partial charge in [-0.05, 0) is 0 Å². The van der Waals surface area contributed by atoms with Crippen molar-refractivity contribution >= 4 is 17.9 Å². The number of rotatable bonds is 4. The summed E-state index contributed by atoms with van der Waals surface area (Å²) in [6.45, 7) is 3.23. The highest BCUT2D eigenvalue weighted by atomic mass is 16.6. The molecule has 0 amide bonds. The summed E-state index contributed by atoms with van der Waals surface area (Å²) in [7, 11) is 0. The molecule has 0 atom stereocenters. The molecule has 5 nitrogen and oxygen atoms in total. The van der Waals surface area contributed by atoms with Crippen LogP contribution in [-0.4, -0.2) is 24.5 Å². The molecule has 1 aliphatic heterocycles. The lowest BCUT2D eigenvalue weighted by atomic mass is 10.2. The van der Waals surface area contributed by atoms with Gasteiger partial charge >= 0.3 is 17.9 Å². The second-order valence-electron chi connectivity index (χ2n) is 2.50. The highest BCUT2D eigenvalue weighted by Gasteiger charge is 2.23. The summed E-state index contributed by atoms with van der Waals surface area (Å²) in [4.78, 5) is 32.0. The van der Waals surface area contributed by atoms with Crippen LogP contribution in [0.1, 0.15) is 6.42 Å². The van der Waals surface area contributed by atoms with E-state index in [1.165, 1.54) is 0 Å². The molecule has 1 aliphatic rings. The van der Waals surface area contributed by atoms with E-state index in [-0.39, 0.29) is 18.6 Å². The Bertz CT molecular complexity index is 326. The molecule has 0 bridgehead atoms. The lowest BCUT2D eigenvalue weighted by Crippen LogP contribution is -2.06. The fraction of sp³-hybridized carbons (Fsp3) is 0.222. The van der Waals surface area contributed by atoms with Crippen LogP contribution in [-0.2, 0) is 23.9 Å². The Hall–Kier alpha value is -1.91. The average Bonchev–Trinajstić information content (AvgIpc) is 2.45. The standard InChI is InChI=1S/C9H8O5/c1-2-7(10)13-4-3-6-5-8(11)14-9(6)12/h2,5H,1,3-4H2. The molecule has 14 heavy (non-hydrogen) atoms. The summed E-state index contributed by atoms with van der Waals surface area (Å²) in [5.41, 5.74) is 0.215. The fourth-order valence-electron chi connectivity index (χ4n) is 0.882. The van der Waals surface area contributed by atoms with Crippen molar-refractivity contribution in [1.29, 1.82) is 0 Å². The molecule has 1 heterocycles. The first-order valence-electron chi connectivity index (χ1n) is 3.89. The number of ether oxygens (including phenoxy) is 2. The minimum absolute atomic E-state index is 0.0269. The van der Waals surface area contributed by atoms with Crippen LogP contribution in [0.4, 0.5) is 0 Å². The number of cyclic esters (lactones) is 2. The van der Waals surface area contributed by atoms with Crippen LogP contribution in [0.2, 0.25) is 0 Å². The van der Waals surface area contributed by atoms with Crippen molar-refractivity contribution in [2.45, 2.75) is 6.42 Å². The molecule has 5 heteroatoms. The molecule has 1 rings (SSSR count). The Morgan fingerprint density at radius 1 is 1.57 bits per heavy atom. The summed E-state index contributed by atoms with van der Waals surface area (Å²) < 4.78 is 8.85. The Labute approximate surface area is 80.0 Å². The molecular weight excluding hydrogens is 188 g/mol. The van der Waals surface area contributed by atoms with Crippen LogP contribution in [0.15, 0.2) is 24.3 Å². The zero-order chi connectivity index (χ0) is 10.6. The van der Waals surface area contributed by atoms with Crippen molar-refractivity contribution in [3.8, 4) is 0 Å². The monoisotopic (exact) mass is 196 g/mol. The van der Waals surface area contributed by atoms with Gasteiger partial charge in [0, 0.05) is 24.1 Å². The molecule has 0 aromatic carbocycles. The minimum atomic E-state index is -0.681. The summed E-state index contributed by atoms with van der Waals surface area (Å²) in [5, 5.41) is 0. The Kier molecular flexibility index (Phi) is 3.17. The predicted molar refractivity (Wildman–Crippen MR) is 45.0 cm³/mol. The van der Waals surface area contributed by atoms with Crippen LogP contribution in [0, 0.1) is 0 Å². The van der Waals surface area contributed by atoms with E-state index in [2.05, 4.69) is 16.1 Å². The fourth-order valence-corrected chi connectivity index (χ4v) is 0.882. The maximum Gasteiger partial charge on any atom is 0.342 e. The third kappa shape index (κ3) is 2.55. The number of carbonyl (C=O) groups excluding carboxylic acids is 3. The zero-order valence-corrected chi connectivity index (χ0v) is 7.32. The van der Waals surface area contributed by atoms with Crippen molar-refractivity contribution in [2.75, 3.05) is 6.61 Å². The SMILES string of the molecule is C=CC(=O)OCCC1=CC(=O)OC1=O. The van der Waals surface area contributed by atoms with Gasteiger partial charge in [0.2, 0.25) is 0 Å². The maximum absolute atomic E-state index is 10.9. The van der Waals surface area contributed by atoms with Gasteiger partial charge in [-0.2, -0.15) is 0 Å². The van der Waals surface area contributed by atoms with Crippen molar-refractivity contribution < 1.29 is 23.9 Å². The van der Waals surface area contributed by atoms with Gasteiger partial charge in [0.1, 0.15) is 0 Å². The van der Waals surface area contributed by atoms with Gasteiger partial charge in [0.15, 0.2) is 0 Å². The maximum atomic E-state index is 10.9. The zero-order valence-electron chi connectivity index (χ0n) is 7.32. The van der Waals surface area contributed by atoms with Crippen LogP contribution in [0.5, 0.6) is 0 Å². The molecular formula is C9H8O5. The van der Waals surface area contributed by atoms with Gasteiger partial charge in [0.25, 0.3) is 0 Å². The molecule has 0 aliphatic carbocycles. The molecule has 0 unspecified atom stereocenters. The van der Waals surface area contributed by atoms with Crippen molar-refractivity contribution in [2.24, 2.45) is 0 Å². The molecule has 0 fully saturated rings. The highest BCUT2D eigenvalue weighted by molar-refractivity contribution is 6.08. The number of carbonyl (C=O) groups is 3. The molecule has 74 valence electrons. The van der Waals surface area contributed by atoms with E-state index in [0.29, 0.717) is 0 Å². The number of hydrogen-bond acceptors (Lipinski definition) is 5. The van der Waals surface area contributed by atoms with Gasteiger partial charge < -0.3 is 9.47 Å². The molecule has 0 spiro atoms. The minimum Gasteiger partial charge on any atom is -0.462 e. The first kappa shape index (κ1) is 10.2. The first-order chi connectivity index (χ1) is 6.63. The van der Waals surface area contributed by atoms with E-state index in [0.717, 1.165) is 12.2 Å². The quantitative estimate of drug-likeness (QED) is 0.362. The summed E-state index contributed by atoms with van der Waals surface area (Å²) in [6, 6.07) is 0. The molecule has 0 aromatic rings. The van der Waals surface area contributed by atoms with E-state index in [1.807, 2.05) is 0 Å². The lowest BCUT2D eigenvalue weighted by Gasteiger charge is -1.99. The predicted octanol–water partition coefficient (Wildman–Crippen LogP) is 0.115. The van der Waals surface area contributed by atoms with Crippen LogP contribution in [0.3, 0.4) is 0 Å². The normalized spacial score (nSPS) is 14.7. The van der Waals surface area contributed by atoms with Gasteiger partial charge in [-0.25, -0.2) is 14.4 Å². The molecule has 0 radical (unpaired) electrons.